The summed E-state index contributed by atoms with van der Waals surface area (Å²) in [5.41, 5.74) is 0.449. The maximum atomic E-state index is 2.64. The van der Waals surface area contributed by atoms with E-state index in [0.717, 1.165) is 0 Å². The Balaban J connectivity index is 4.33. The van der Waals surface area contributed by atoms with E-state index in [9.17, 15) is 0 Å². The molecule has 0 aromatic heterocycles. The van der Waals surface area contributed by atoms with E-state index in [1.165, 1.54) is 32.4 Å². The van der Waals surface area contributed by atoms with Crippen LogP contribution in [0.5, 0.6) is 0 Å². The van der Waals surface area contributed by atoms with E-state index >= 15 is 0 Å². The van der Waals surface area contributed by atoms with Crippen LogP contribution in [-0.2, 0) is 0 Å². The summed E-state index contributed by atoms with van der Waals surface area (Å²) in [6.07, 6.45) is 3.80. The van der Waals surface area contributed by atoms with Crippen LogP contribution < -0.4 is 0 Å². The van der Waals surface area contributed by atoms with Crippen LogP contribution in [0.25, 0.3) is 0 Å². The molecule has 14 heavy (non-hydrogen) atoms. The van der Waals surface area contributed by atoms with Crippen LogP contribution in [0.15, 0.2) is 0 Å². The molecular weight excluding hydrogens is 170 g/mol. The summed E-state index contributed by atoms with van der Waals surface area (Å²) in [7, 11) is 0. The molecule has 0 aromatic rings. The highest BCUT2D eigenvalue weighted by atomic mass is 15.2. The van der Waals surface area contributed by atoms with Gasteiger partial charge in [-0.25, -0.2) is 0 Å². The molecule has 1 unspecified atom stereocenters. The van der Waals surface area contributed by atoms with Gasteiger partial charge in [-0.15, -0.1) is 0 Å². The molecular formula is C13H29N. The topological polar surface area (TPSA) is 3.24 Å². The quantitative estimate of drug-likeness (QED) is 0.600. The highest BCUT2D eigenvalue weighted by molar-refractivity contribution is 4.81. The summed E-state index contributed by atoms with van der Waals surface area (Å²) >= 11 is 0. The molecule has 86 valence electrons. The summed E-state index contributed by atoms with van der Waals surface area (Å²) < 4.78 is 0. The lowest BCUT2D eigenvalue weighted by Gasteiger charge is -2.39. The van der Waals surface area contributed by atoms with E-state index in [0.29, 0.717) is 11.5 Å². The molecule has 1 atom stereocenters. The molecule has 0 aliphatic heterocycles. The average Bonchev–Trinajstić information content (AvgIpc) is 2.16. The molecule has 0 rings (SSSR count). The average molecular weight is 199 g/mol. The van der Waals surface area contributed by atoms with Gasteiger partial charge in [-0.2, -0.15) is 0 Å². The molecule has 1 nitrogen and oxygen atoms in total. The lowest BCUT2D eigenvalue weighted by atomic mass is 9.82. The van der Waals surface area contributed by atoms with Gasteiger partial charge in [0, 0.05) is 6.04 Å². The Morgan fingerprint density at radius 3 is 1.71 bits per heavy atom. The molecule has 0 saturated heterocycles. The first kappa shape index (κ1) is 14.0. The number of hydrogen-bond donors (Lipinski definition) is 0. The van der Waals surface area contributed by atoms with Gasteiger partial charge in [-0.05, 0) is 44.7 Å². The van der Waals surface area contributed by atoms with Gasteiger partial charge in [-0.3, -0.25) is 0 Å². The maximum Gasteiger partial charge on any atom is 0.0118 e. The summed E-state index contributed by atoms with van der Waals surface area (Å²) in [5, 5.41) is 0. The SMILES string of the molecule is CCCN(CCC)C(C)C(C)(C)CC. The van der Waals surface area contributed by atoms with Crippen LogP contribution in [0, 0.1) is 5.41 Å². The molecule has 0 fully saturated rings. The summed E-state index contributed by atoms with van der Waals surface area (Å²) in [5.74, 6) is 0. The zero-order chi connectivity index (χ0) is 11.2. The van der Waals surface area contributed by atoms with Crippen LogP contribution in [0.1, 0.15) is 60.8 Å². The smallest absolute Gasteiger partial charge is 0.0118 e. The van der Waals surface area contributed by atoms with Crippen molar-refractivity contribution >= 4 is 0 Å². The third-order valence-electron chi connectivity index (χ3n) is 3.61. The van der Waals surface area contributed by atoms with Crippen LogP contribution in [0.4, 0.5) is 0 Å². The standard InChI is InChI=1S/C13H29N/c1-7-10-14(11-8-2)12(4)13(5,6)9-3/h12H,7-11H2,1-6H3. The molecule has 1 heteroatoms. The first-order valence-corrected chi connectivity index (χ1v) is 6.23. The molecule has 0 radical (unpaired) electrons. The Kier molecular flexibility index (Phi) is 6.43. The van der Waals surface area contributed by atoms with Crippen molar-refractivity contribution in [2.45, 2.75) is 66.8 Å². The van der Waals surface area contributed by atoms with E-state index in [1.807, 2.05) is 0 Å². The third-order valence-corrected chi connectivity index (χ3v) is 3.61. The van der Waals surface area contributed by atoms with Gasteiger partial charge in [0.2, 0.25) is 0 Å². The maximum absolute atomic E-state index is 2.64. The van der Waals surface area contributed by atoms with Crippen molar-refractivity contribution in [2.75, 3.05) is 13.1 Å². The predicted octanol–water partition coefficient (Wildman–Crippen LogP) is 3.93. The number of nitrogens with zero attached hydrogens (tertiary/aromatic N) is 1. The highest BCUT2D eigenvalue weighted by Gasteiger charge is 2.27. The van der Waals surface area contributed by atoms with Crippen molar-refractivity contribution < 1.29 is 0 Å². The van der Waals surface area contributed by atoms with E-state index in [1.54, 1.807) is 0 Å². The zero-order valence-corrected chi connectivity index (χ0v) is 11.1. The molecule has 0 saturated carbocycles. The van der Waals surface area contributed by atoms with Gasteiger partial charge in [-0.1, -0.05) is 34.6 Å². The Labute approximate surface area is 90.9 Å². The highest BCUT2D eigenvalue weighted by Crippen LogP contribution is 2.28. The lowest BCUT2D eigenvalue weighted by molar-refractivity contribution is 0.0966. The summed E-state index contributed by atoms with van der Waals surface area (Å²) in [6, 6.07) is 0.701. The van der Waals surface area contributed by atoms with E-state index in [-0.39, 0.29) is 0 Å². The van der Waals surface area contributed by atoms with Gasteiger partial charge in [0.05, 0.1) is 0 Å². The van der Waals surface area contributed by atoms with Crippen molar-refractivity contribution in [3.8, 4) is 0 Å². The third kappa shape index (κ3) is 4.00. The Hall–Kier alpha value is -0.0400. The molecule has 0 bridgehead atoms. The van der Waals surface area contributed by atoms with Crippen molar-refractivity contribution in [1.82, 2.24) is 4.90 Å². The van der Waals surface area contributed by atoms with Crippen molar-refractivity contribution in [3.05, 3.63) is 0 Å². The van der Waals surface area contributed by atoms with Crippen LogP contribution in [-0.4, -0.2) is 24.0 Å². The first-order valence-electron chi connectivity index (χ1n) is 6.23. The summed E-state index contributed by atoms with van der Waals surface area (Å²) in [6.45, 7) is 16.5. The normalized spacial score (nSPS) is 14.8. The minimum absolute atomic E-state index is 0.449. The fourth-order valence-electron chi connectivity index (χ4n) is 1.86. The second-order valence-corrected chi connectivity index (χ2v) is 5.05. The van der Waals surface area contributed by atoms with Gasteiger partial charge >= 0.3 is 0 Å². The van der Waals surface area contributed by atoms with Crippen LogP contribution >= 0.6 is 0 Å². The Bertz CT molecular complexity index is 134. The first-order chi connectivity index (χ1) is 6.49. The van der Waals surface area contributed by atoms with Gasteiger partial charge in [0.15, 0.2) is 0 Å². The van der Waals surface area contributed by atoms with Gasteiger partial charge in [0.25, 0.3) is 0 Å². The van der Waals surface area contributed by atoms with Gasteiger partial charge in [0.1, 0.15) is 0 Å². The van der Waals surface area contributed by atoms with Crippen LogP contribution in [0.3, 0.4) is 0 Å². The molecule has 0 spiro atoms. The van der Waals surface area contributed by atoms with Crippen molar-refractivity contribution in [2.24, 2.45) is 5.41 Å². The monoisotopic (exact) mass is 199 g/mol. The largest absolute Gasteiger partial charge is 0.300 e. The van der Waals surface area contributed by atoms with Gasteiger partial charge < -0.3 is 4.90 Å². The van der Waals surface area contributed by atoms with Crippen molar-refractivity contribution in [3.63, 3.8) is 0 Å². The number of rotatable bonds is 7. The molecule has 0 amide bonds. The minimum atomic E-state index is 0.449. The molecule has 0 aromatic carbocycles. The Morgan fingerprint density at radius 2 is 1.43 bits per heavy atom. The molecule has 0 aliphatic carbocycles. The van der Waals surface area contributed by atoms with E-state index in [2.05, 4.69) is 46.4 Å². The fraction of sp³-hybridized carbons (Fsp3) is 1.00. The molecule has 0 heterocycles. The van der Waals surface area contributed by atoms with E-state index < -0.39 is 0 Å². The zero-order valence-electron chi connectivity index (χ0n) is 11.1. The Morgan fingerprint density at radius 1 is 1.00 bits per heavy atom. The number of hydrogen-bond acceptors (Lipinski definition) is 1. The molecule has 0 N–H and O–H groups in total. The summed E-state index contributed by atoms with van der Waals surface area (Å²) in [4.78, 5) is 2.64. The lowest BCUT2D eigenvalue weighted by Crippen LogP contribution is -2.43. The van der Waals surface area contributed by atoms with Crippen molar-refractivity contribution in [1.29, 1.82) is 0 Å². The minimum Gasteiger partial charge on any atom is -0.300 e. The molecule has 0 aliphatic rings. The predicted molar refractivity (Wildman–Crippen MR) is 65.7 cm³/mol. The second kappa shape index (κ2) is 6.44. The van der Waals surface area contributed by atoms with Crippen LogP contribution in [0.2, 0.25) is 0 Å². The fourth-order valence-corrected chi connectivity index (χ4v) is 1.86. The second-order valence-electron chi connectivity index (χ2n) is 5.05. The van der Waals surface area contributed by atoms with E-state index in [4.69, 9.17) is 0 Å².